The third kappa shape index (κ3) is 4.30. The van der Waals surface area contributed by atoms with Crippen molar-refractivity contribution in [3.8, 4) is 17.1 Å². The largest absolute Gasteiger partial charge is 0.484 e. The van der Waals surface area contributed by atoms with Crippen molar-refractivity contribution in [2.75, 3.05) is 11.9 Å². The predicted molar refractivity (Wildman–Crippen MR) is 118 cm³/mol. The Labute approximate surface area is 176 Å². The van der Waals surface area contributed by atoms with Gasteiger partial charge in [0.1, 0.15) is 5.75 Å². The Balaban J connectivity index is 1.45. The zero-order valence-corrected chi connectivity index (χ0v) is 17.8. The Morgan fingerprint density at radius 2 is 1.90 bits per heavy atom. The standard InChI is InChI=1S/C23H27N5O2/c1-5-6-16-7-10-18(11-8-16)29-14-21-26-22(27-30-21)17-9-12-19-20(13-17)25-23(24-19)28(4)15(2)3/h7-13,15H,5-6,14H2,1-4H3,(H,24,25). The van der Waals surface area contributed by atoms with Gasteiger partial charge in [0.2, 0.25) is 11.8 Å². The number of benzene rings is 2. The Hall–Kier alpha value is -3.35. The number of aromatic amines is 1. The molecule has 0 atom stereocenters. The molecule has 0 aliphatic rings. The second-order valence-corrected chi connectivity index (χ2v) is 7.69. The molecule has 0 unspecified atom stereocenters. The summed E-state index contributed by atoms with van der Waals surface area (Å²) >= 11 is 0. The van der Waals surface area contributed by atoms with Gasteiger partial charge in [0.15, 0.2) is 6.61 Å². The molecule has 156 valence electrons. The Morgan fingerprint density at radius 3 is 2.63 bits per heavy atom. The maximum Gasteiger partial charge on any atom is 0.264 e. The number of nitrogens with zero attached hydrogens (tertiary/aromatic N) is 4. The first kappa shape index (κ1) is 19.9. The molecule has 0 amide bonds. The maximum atomic E-state index is 5.78. The maximum absolute atomic E-state index is 5.78. The van der Waals surface area contributed by atoms with Crippen LogP contribution >= 0.6 is 0 Å². The molecule has 7 heteroatoms. The van der Waals surface area contributed by atoms with Crippen LogP contribution in [0.25, 0.3) is 22.4 Å². The highest BCUT2D eigenvalue weighted by molar-refractivity contribution is 5.82. The summed E-state index contributed by atoms with van der Waals surface area (Å²) in [7, 11) is 2.02. The molecule has 1 N–H and O–H groups in total. The van der Waals surface area contributed by atoms with Crippen molar-refractivity contribution in [2.24, 2.45) is 0 Å². The molecule has 2 heterocycles. The summed E-state index contributed by atoms with van der Waals surface area (Å²) in [6, 6.07) is 14.4. The molecule has 4 rings (SSSR count). The van der Waals surface area contributed by atoms with Gasteiger partial charge in [-0.05, 0) is 56.2 Å². The summed E-state index contributed by atoms with van der Waals surface area (Å²) in [5, 5.41) is 4.10. The van der Waals surface area contributed by atoms with Crippen molar-refractivity contribution in [3.05, 3.63) is 53.9 Å². The highest BCUT2D eigenvalue weighted by Crippen LogP contribution is 2.24. The summed E-state index contributed by atoms with van der Waals surface area (Å²) in [5.74, 6) is 2.59. The number of H-pyrrole nitrogens is 1. The fourth-order valence-corrected chi connectivity index (χ4v) is 3.16. The smallest absolute Gasteiger partial charge is 0.264 e. The number of hydrogen-bond donors (Lipinski definition) is 1. The molecule has 0 radical (unpaired) electrons. The summed E-state index contributed by atoms with van der Waals surface area (Å²) in [4.78, 5) is 14.6. The number of anilines is 1. The van der Waals surface area contributed by atoms with Crippen LogP contribution in [0.3, 0.4) is 0 Å². The van der Waals surface area contributed by atoms with Gasteiger partial charge in [-0.15, -0.1) is 0 Å². The van der Waals surface area contributed by atoms with Gasteiger partial charge in [-0.3, -0.25) is 0 Å². The lowest BCUT2D eigenvalue weighted by molar-refractivity contribution is 0.243. The normalized spacial score (nSPS) is 11.4. The van der Waals surface area contributed by atoms with Crippen molar-refractivity contribution >= 4 is 17.0 Å². The van der Waals surface area contributed by atoms with E-state index in [0.717, 1.165) is 41.1 Å². The molecule has 30 heavy (non-hydrogen) atoms. The number of fused-ring (bicyclic) bond motifs is 1. The van der Waals surface area contributed by atoms with Crippen molar-refractivity contribution in [1.82, 2.24) is 20.1 Å². The lowest BCUT2D eigenvalue weighted by Crippen LogP contribution is -2.26. The molecule has 0 spiro atoms. The molecule has 0 fully saturated rings. The van der Waals surface area contributed by atoms with Gasteiger partial charge in [0.25, 0.3) is 5.89 Å². The number of imidazole rings is 1. The van der Waals surface area contributed by atoms with Crippen LogP contribution in [-0.4, -0.2) is 33.2 Å². The van der Waals surface area contributed by atoms with E-state index in [0.29, 0.717) is 17.8 Å². The van der Waals surface area contributed by atoms with Crippen LogP contribution in [0.2, 0.25) is 0 Å². The second-order valence-electron chi connectivity index (χ2n) is 7.69. The number of rotatable bonds is 8. The zero-order valence-electron chi connectivity index (χ0n) is 17.8. The minimum atomic E-state index is 0.232. The van der Waals surface area contributed by atoms with Gasteiger partial charge < -0.3 is 19.1 Å². The summed E-state index contributed by atoms with van der Waals surface area (Å²) in [6.07, 6.45) is 2.20. The lowest BCUT2D eigenvalue weighted by Gasteiger charge is -2.19. The average Bonchev–Trinajstić information content (AvgIpc) is 3.39. The van der Waals surface area contributed by atoms with Crippen LogP contribution in [0.1, 0.15) is 38.6 Å². The summed E-state index contributed by atoms with van der Waals surface area (Å²) in [6.45, 7) is 6.66. The van der Waals surface area contributed by atoms with E-state index in [4.69, 9.17) is 9.26 Å². The van der Waals surface area contributed by atoms with E-state index >= 15 is 0 Å². The fraction of sp³-hybridized carbons (Fsp3) is 0.348. The van der Waals surface area contributed by atoms with Crippen LogP contribution in [0.15, 0.2) is 47.0 Å². The minimum absolute atomic E-state index is 0.232. The van der Waals surface area contributed by atoms with Crippen molar-refractivity contribution in [3.63, 3.8) is 0 Å². The highest BCUT2D eigenvalue weighted by Gasteiger charge is 2.13. The van der Waals surface area contributed by atoms with Crippen LogP contribution in [0, 0.1) is 0 Å². The number of ether oxygens (including phenoxy) is 1. The Morgan fingerprint density at radius 1 is 1.10 bits per heavy atom. The molecule has 2 aromatic carbocycles. The minimum Gasteiger partial charge on any atom is -0.484 e. The second kappa shape index (κ2) is 8.57. The van der Waals surface area contributed by atoms with Crippen LogP contribution in [0.4, 0.5) is 5.95 Å². The topological polar surface area (TPSA) is 80.1 Å². The molecule has 7 nitrogen and oxygen atoms in total. The average molecular weight is 406 g/mol. The quantitative estimate of drug-likeness (QED) is 0.445. The summed E-state index contributed by atoms with van der Waals surface area (Å²) in [5.41, 5.74) is 4.01. The molecule has 0 aliphatic carbocycles. The number of hydrogen-bond acceptors (Lipinski definition) is 6. The molecule has 0 saturated carbocycles. The highest BCUT2D eigenvalue weighted by atomic mass is 16.5. The van der Waals surface area contributed by atoms with E-state index in [9.17, 15) is 0 Å². The molecule has 4 aromatic rings. The van der Waals surface area contributed by atoms with Crippen LogP contribution < -0.4 is 9.64 Å². The third-order valence-corrected chi connectivity index (χ3v) is 5.13. The molecular weight excluding hydrogens is 378 g/mol. The van der Waals surface area contributed by atoms with E-state index in [1.807, 2.05) is 37.4 Å². The molecular formula is C23H27N5O2. The van der Waals surface area contributed by atoms with Gasteiger partial charge in [0, 0.05) is 18.7 Å². The van der Waals surface area contributed by atoms with E-state index in [1.54, 1.807) is 0 Å². The zero-order chi connectivity index (χ0) is 21.1. The van der Waals surface area contributed by atoms with Crippen molar-refractivity contribution < 1.29 is 9.26 Å². The molecule has 0 aliphatic heterocycles. The van der Waals surface area contributed by atoms with Gasteiger partial charge >= 0.3 is 0 Å². The fourth-order valence-electron chi connectivity index (χ4n) is 3.16. The van der Waals surface area contributed by atoms with Crippen molar-refractivity contribution in [2.45, 2.75) is 46.3 Å². The lowest BCUT2D eigenvalue weighted by atomic mass is 10.1. The number of aryl methyl sites for hydroxylation is 1. The Bertz CT molecular complexity index is 1110. The number of aromatic nitrogens is 4. The first-order valence-corrected chi connectivity index (χ1v) is 10.3. The van der Waals surface area contributed by atoms with Crippen LogP contribution in [0.5, 0.6) is 5.75 Å². The van der Waals surface area contributed by atoms with Gasteiger partial charge in [-0.1, -0.05) is 30.6 Å². The molecule has 0 bridgehead atoms. The molecule has 2 aromatic heterocycles. The predicted octanol–water partition coefficient (Wildman–Crippen LogP) is 4.99. The van der Waals surface area contributed by atoms with E-state index < -0.39 is 0 Å². The first-order chi connectivity index (χ1) is 14.5. The van der Waals surface area contributed by atoms with Gasteiger partial charge in [-0.25, -0.2) is 4.98 Å². The Kier molecular flexibility index (Phi) is 5.70. The SMILES string of the molecule is CCCc1ccc(OCc2nc(-c3ccc4nc(N(C)C(C)C)[nH]c4c3)no2)cc1. The molecule has 0 saturated heterocycles. The first-order valence-electron chi connectivity index (χ1n) is 10.3. The van der Waals surface area contributed by atoms with Crippen LogP contribution in [-0.2, 0) is 13.0 Å². The monoisotopic (exact) mass is 405 g/mol. The van der Waals surface area contributed by atoms with E-state index in [2.05, 4.69) is 57.9 Å². The van der Waals surface area contributed by atoms with Gasteiger partial charge in [-0.2, -0.15) is 4.98 Å². The van der Waals surface area contributed by atoms with Crippen molar-refractivity contribution in [1.29, 1.82) is 0 Å². The summed E-state index contributed by atoms with van der Waals surface area (Å²) < 4.78 is 11.1. The third-order valence-electron chi connectivity index (χ3n) is 5.13. The van der Waals surface area contributed by atoms with E-state index in [-0.39, 0.29) is 6.61 Å². The van der Waals surface area contributed by atoms with Gasteiger partial charge in [0.05, 0.1) is 11.0 Å². The van der Waals surface area contributed by atoms with E-state index in [1.165, 1.54) is 5.56 Å². The number of nitrogens with one attached hydrogen (secondary N) is 1.